The minimum Gasteiger partial charge on any atom is -0.463 e. The predicted molar refractivity (Wildman–Crippen MR) is 170 cm³/mol. The zero-order chi connectivity index (χ0) is 30.6. The first kappa shape index (κ1) is 39.3. The van der Waals surface area contributed by atoms with E-state index in [1.54, 1.807) is 27.7 Å². The molecule has 0 saturated heterocycles. The minimum atomic E-state index is -0.836. The van der Waals surface area contributed by atoms with E-state index in [1.807, 2.05) is 0 Å². The third-order valence-electron chi connectivity index (χ3n) is 4.90. The lowest BCUT2D eigenvalue weighted by atomic mass is 10.1. The Morgan fingerprint density at radius 2 is 1.02 bits per heavy atom. The van der Waals surface area contributed by atoms with Crippen LogP contribution in [0.4, 0.5) is 0 Å². The largest absolute Gasteiger partial charge is 0.463 e. The number of thiol groups is 2. The van der Waals surface area contributed by atoms with Gasteiger partial charge in [0.2, 0.25) is 0 Å². The van der Waals surface area contributed by atoms with E-state index in [0.717, 1.165) is 23.5 Å². The molecule has 10 nitrogen and oxygen atoms in total. The number of hydrogen-bond acceptors (Lipinski definition) is 14. The third-order valence-corrected chi connectivity index (χ3v) is 7.79. The van der Waals surface area contributed by atoms with E-state index in [4.69, 9.17) is 52.9 Å². The molecule has 0 heterocycles. The Balaban J connectivity index is 3.86. The first-order valence-electron chi connectivity index (χ1n) is 12.2. The number of nitriles is 2. The Kier molecular flexibility index (Phi) is 21.6. The molecule has 226 valence electrons. The van der Waals surface area contributed by atoms with Crippen LogP contribution in [0.5, 0.6) is 0 Å². The first-order chi connectivity index (χ1) is 18.7. The second kappa shape index (κ2) is 22.0. The van der Waals surface area contributed by atoms with Crippen molar-refractivity contribution in [1.82, 2.24) is 0 Å². The lowest BCUT2D eigenvalue weighted by molar-refractivity contribution is -0.179. The van der Waals surface area contributed by atoms with Gasteiger partial charge in [-0.3, -0.25) is 9.59 Å². The van der Waals surface area contributed by atoms with E-state index in [-0.39, 0.29) is 65.3 Å². The van der Waals surface area contributed by atoms with Crippen molar-refractivity contribution < 1.29 is 38.0 Å². The summed E-state index contributed by atoms with van der Waals surface area (Å²) in [5.41, 5.74) is 0. The smallest absolute Gasteiger partial charge is 0.305 e. The number of thioether (sulfide) groups is 2. The summed E-state index contributed by atoms with van der Waals surface area (Å²) >= 11 is 20.1. The molecule has 0 aliphatic heterocycles. The van der Waals surface area contributed by atoms with Gasteiger partial charge in [-0.05, 0) is 40.5 Å². The van der Waals surface area contributed by atoms with Gasteiger partial charge in [0, 0.05) is 12.8 Å². The molecule has 0 radical (unpaired) electrons. The number of nitrogens with zero attached hydrogens (tertiary/aromatic N) is 2. The van der Waals surface area contributed by atoms with Gasteiger partial charge in [0.1, 0.15) is 29.8 Å². The molecule has 0 N–H and O–H groups in total. The lowest BCUT2D eigenvalue weighted by Crippen LogP contribution is -2.23. The van der Waals surface area contributed by atoms with Crippen LogP contribution in [0.25, 0.3) is 0 Å². The second-order valence-corrected chi connectivity index (χ2v) is 14.9. The maximum atomic E-state index is 11.9. The van der Waals surface area contributed by atoms with E-state index in [2.05, 4.69) is 37.4 Å². The van der Waals surface area contributed by atoms with Crippen LogP contribution in [0.3, 0.4) is 0 Å². The monoisotopic (exact) mass is 672 g/mol. The normalized spacial score (nSPS) is 15.4. The summed E-state index contributed by atoms with van der Waals surface area (Å²) in [6.07, 6.45) is -0.360. The summed E-state index contributed by atoms with van der Waals surface area (Å²) in [6, 6.07) is 4.27. The van der Waals surface area contributed by atoms with E-state index >= 15 is 0 Å². The average Bonchev–Trinajstić information content (AvgIpc) is 2.88. The van der Waals surface area contributed by atoms with Crippen LogP contribution in [-0.4, -0.2) is 80.7 Å². The summed E-state index contributed by atoms with van der Waals surface area (Å²) in [5.74, 6) is -0.867. The van der Waals surface area contributed by atoms with E-state index in [1.165, 1.54) is 0 Å². The fourth-order valence-electron chi connectivity index (χ4n) is 2.73. The van der Waals surface area contributed by atoms with Crippen molar-refractivity contribution in [3.63, 3.8) is 0 Å². The van der Waals surface area contributed by atoms with Gasteiger partial charge in [-0.1, -0.05) is 48.0 Å². The van der Waals surface area contributed by atoms with Gasteiger partial charge in [-0.2, -0.15) is 10.5 Å². The Morgan fingerprint density at radius 3 is 1.30 bits per heavy atom. The molecule has 40 heavy (non-hydrogen) atoms. The van der Waals surface area contributed by atoms with Crippen LogP contribution in [0.2, 0.25) is 0 Å². The van der Waals surface area contributed by atoms with Gasteiger partial charge in [0.15, 0.2) is 12.6 Å². The Hall–Kier alpha value is -0.660. The molecule has 0 bridgehead atoms. The number of rotatable bonds is 21. The molecule has 4 atom stereocenters. The molecule has 16 heteroatoms. The Bertz CT molecular complexity index is 843. The maximum absolute atomic E-state index is 11.9. The molecular weight excluding hydrogens is 637 g/mol. The van der Waals surface area contributed by atoms with E-state index in [9.17, 15) is 20.1 Å². The second-order valence-electron chi connectivity index (χ2n) is 8.48. The van der Waals surface area contributed by atoms with Gasteiger partial charge < -0.3 is 28.4 Å². The highest BCUT2D eigenvalue weighted by Gasteiger charge is 2.28. The van der Waals surface area contributed by atoms with Gasteiger partial charge >= 0.3 is 11.9 Å². The maximum Gasteiger partial charge on any atom is 0.305 e. The van der Waals surface area contributed by atoms with Crippen LogP contribution in [0.15, 0.2) is 0 Å². The number of carbonyl (C=O) groups is 2. The molecule has 0 spiro atoms. The van der Waals surface area contributed by atoms with Crippen LogP contribution in [-0.2, 0) is 38.0 Å². The molecule has 0 fully saturated rings. The summed E-state index contributed by atoms with van der Waals surface area (Å²) in [4.78, 5) is 23.8. The highest BCUT2D eigenvalue weighted by Crippen LogP contribution is 2.32. The van der Waals surface area contributed by atoms with Crippen LogP contribution in [0.1, 0.15) is 53.4 Å². The van der Waals surface area contributed by atoms with Crippen LogP contribution >= 0.6 is 73.2 Å². The molecule has 0 amide bonds. The zero-order valence-electron chi connectivity index (χ0n) is 22.9. The number of thiocarbonyl (C=S) groups is 2. The molecule has 0 aliphatic carbocycles. The van der Waals surface area contributed by atoms with Crippen molar-refractivity contribution in [3.8, 4) is 12.1 Å². The summed E-state index contributed by atoms with van der Waals surface area (Å²) < 4.78 is 31.1. The molecule has 0 aromatic carbocycles. The number of carbonyl (C=O) groups excluding carboxylic acids is 2. The Morgan fingerprint density at radius 1 is 0.725 bits per heavy atom. The highest BCUT2D eigenvalue weighted by atomic mass is 32.2. The van der Waals surface area contributed by atoms with Crippen molar-refractivity contribution >= 4 is 92.2 Å². The Labute approximate surface area is 266 Å². The molecule has 0 saturated carbocycles. The number of ether oxygens (including phenoxy) is 6. The fraction of sp³-hybridized carbons (Fsp3) is 0.750. The topological polar surface area (TPSA) is 137 Å². The van der Waals surface area contributed by atoms with Gasteiger partial charge in [-0.15, -0.1) is 25.3 Å². The third kappa shape index (κ3) is 21.1. The number of esters is 2. The fourth-order valence-corrected chi connectivity index (χ4v) is 6.32. The van der Waals surface area contributed by atoms with Crippen molar-refractivity contribution in [1.29, 1.82) is 10.5 Å². The van der Waals surface area contributed by atoms with E-state index < -0.39 is 34.0 Å². The quantitative estimate of drug-likeness (QED) is 0.0565. The number of hydrogen-bond donors (Lipinski definition) is 2. The molecule has 0 rings (SSSR count). The van der Waals surface area contributed by atoms with Gasteiger partial charge in [0.25, 0.3) is 0 Å². The molecule has 0 aromatic heterocycles. The molecular formula is C24H36N2O8S6. The zero-order valence-corrected chi connectivity index (χ0v) is 28.0. The first-order valence-corrected chi connectivity index (χ1v) is 15.5. The molecule has 0 aliphatic rings. The van der Waals surface area contributed by atoms with Crippen LogP contribution < -0.4 is 0 Å². The van der Waals surface area contributed by atoms with Crippen molar-refractivity contribution in [3.05, 3.63) is 0 Å². The lowest BCUT2D eigenvalue weighted by Gasteiger charge is -2.19. The van der Waals surface area contributed by atoms with E-state index in [0.29, 0.717) is 7.06 Å². The molecule has 0 aromatic rings. The SMILES string of the molecule is CC(OCCOC(=O)CCC(C)(C#N)SC(=S)S)OCCOC(C)OCCOC(=O)CCC(C)(C#N)SC(=S)S. The van der Waals surface area contributed by atoms with Crippen LogP contribution in [0, 0.1) is 22.7 Å². The standard InChI is InChI=1S/C24H36N2O8S6/c1-17(31-11-13-33-19(27)5-7-23(3,15-25)39-21(35)36)29-9-10-30-18(2)32-12-14-34-20(28)6-8-24(4,16-26)40-22(37)38/h17-18H,5-14H2,1-4H3,(H,35,36)(H,37,38). The molecule has 4 unspecified atom stereocenters. The van der Waals surface area contributed by atoms with Gasteiger partial charge in [0.05, 0.1) is 38.6 Å². The summed E-state index contributed by atoms with van der Waals surface area (Å²) in [5, 5.41) is 18.6. The van der Waals surface area contributed by atoms with Crippen molar-refractivity contribution in [2.24, 2.45) is 0 Å². The van der Waals surface area contributed by atoms with Gasteiger partial charge in [-0.25, -0.2) is 0 Å². The van der Waals surface area contributed by atoms with Crippen molar-refractivity contribution in [2.45, 2.75) is 75.5 Å². The predicted octanol–water partition coefficient (Wildman–Crippen LogP) is 4.85. The van der Waals surface area contributed by atoms with Crippen molar-refractivity contribution in [2.75, 3.05) is 39.6 Å². The average molecular weight is 673 g/mol. The highest BCUT2D eigenvalue weighted by molar-refractivity contribution is 8.42. The minimum absolute atomic E-state index is 0.0558. The summed E-state index contributed by atoms with van der Waals surface area (Å²) in [7, 11) is 0. The summed E-state index contributed by atoms with van der Waals surface area (Å²) in [6.45, 7) is 7.69.